The molecule has 1 aromatic heterocycles. The molecule has 0 saturated carbocycles. The number of benzene rings is 1. The Labute approximate surface area is 144 Å². The number of sulfonamides is 1. The van der Waals surface area contributed by atoms with E-state index in [1.54, 1.807) is 6.20 Å². The number of rotatable bonds is 6. The molecule has 1 unspecified atom stereocenters. The highest BCUT2D eigenvalue weighted by Gasteiger charge is 2.20. The van der Waals surface area contributed by atoms with Crippen LogP contribution < -0.4 is 4.72 Å². The number of hydrogen-bond donors (Lipinski definition) is 1. The summed E-state index contributed by atoms with van der Waals surface area (Å²) in [6, 6.07) is 9.39. The Morgan fingerprint density at radius 3 is 2.71 bits per heavy atom. The van der Waals surface area contributed by atoms with E-state index in [-0.39, 0.29) is 11.8 Å². The fourth-order valence-electron chi connectivity index (χ4n) is 3.40. The van der Waals surface area contributed by atoms with Crippen molar-refractivity contribution in [3.05, 3.63) is 42.1 Å². The molecule has 1 saturated heterocycles. The summed E-state index contributed by atoms with van der Waals surface area (Å²) >= 11 is 0. The highest BCUT2D eigenvalue weighted by atomic mass is 32.2. The average Bonchev–Trinajstić information content (AvgIpc) is 2.55. The van der Waals surface area contributed by atoms with Gasteiger partial charge in [-0.3, -0.25) is 4.98 Å². The van der Waals surface area contributed by atoms with Gasteiger partial charge in [-0.25, -0.2) is 13.1 Å². The zero-order valence-corrected chi connectivity index (χ0v) is 14.9. The van der Waals surface area contributed by atoms with Crippen molar-refractivity contribution in [2.24, 2.45) is 0 Å². The fourth-order valence-corrected chi connectivity index (χ4v) is 4.82. The minimum atomic E-state index is -3.39. The maximum atomic E-state index is 12.5. The topological polar surface area (TPSA) is 62.3 Å². The number of aromatic nitrogens is 1. The van der Waals surface area contributed by atoms with Crippen molar-refractivity contribution in [3.63, 3.8) is 0 Å². The standard InChI is InChI=1S/C18H25N3O2S/c1-15(13-21-11-3-2-4-12-21)20-24(22,23)14-17-8-5-7-16-9-6-10-19-18(16)17/h5-10,15,20H,2-4,11-14H2,1H3. The van der Waals surface area contributed by atoms with Crippen LogP contribution in [0, 0.1) is 0 Å². The summed E-state index contributed by atoms with van der Waals surface area (Å²) < 4.78 is 27.9. The minimum Gasteiger partial charge on any atom is -0.302 e. The third-order valence-electron chi connectivity index (χ3n) is 4.42. The van der Waals surface area contributed by atoms with Gasteiger partial charge in [-0.15, -0.1) is 0 Å². The molecule has 0 radical (unpaired) electrons. The van der Waals surface area contributed by atoms with Crippen molar-refractivity contribution in [3.8, 4) is 0 Å². The van der Waals surface area contributed by atoms with Crippen molar-refractivity contribution in [2.45, 2.75) is 38.0 Å². The van der Waals surface area contributed by atoms with Gasteiger partial charge in [0.25, 0.3) is 0 Å². The number of nitrogens with one attached hydrogen (secondary N) is 1. The Morgan fingerprint density at radius 1 is 1.17 bits per heavy atom. The van der Waals surface area contributed by atoms with Crippen molar-refractivity contribution in [2.75, 3.05) is 19.6 Å². The van der Waals surface area contributed by atoms with Crippen LogP contribution in [0.25, 0.3) is 10.9 Å². The lowest BCUT2D eigenvalue weighted by atomic mass is 10.1. The molecule has 6 heteroatoms. The molecule has 0 aliphatic carbocycles. The zero-order valence-electron chi connectivity index (χ0n) is 14.1. The Hall–Kier alpha value is -1.50. The predicted molar refractivity (Wildman–Crippen MR) is 97.3 cm³/mol. The largest absolute Gasteiger partial charge is 0.302 e. The van der Waals surface area contributed by atoms with Crippen LogP contribution in [0.15, 0.2) is 36.5 Å². The summed E-state index contributed by atoms with van der Waals surface area (Å²) in [4.78, 5) is 6.68. The van der Waals surface area contributed by atoms with Crippen LogP contribution in [0.3, 0.4) is 0 Å². The first-order chi connectivity index (χ1) is 11.5. The molecule has 0 bridgehead atoms. The molecule has 5 nitrogen and oxygen atoms in total. The van der Waals surface area contributed by atoms with E-state index < -0.39 is 10.0 Å². The van der Waals surface area contributed by atoms with Crippen LogP contribution in [-0.2, 0) is 15.8 Å². The van der Waals surface area contributed by atoms with Crippen LogP contribution in [0.1, 0.15) is 31.7 Å². The summed E-state index contributed by atoms with van der Waals surface area (Å²) in [7, 11) is -3.39. The molecule has 1 atom stereocenters. The molecule has 130 valence electrons. The number of pyridine rings is 1. The highest BCUT2D eigenvalue weighted by molar-refractivity contribution is 7.88. The van der Waals surface area contributed by atoms with E-state index in [1.807, 2.05) is 37.3 Å². The molecule has 1 aromatic carbocycles. The molecule has 1 N–H and O–H groups in total. The van der Waals surface area contributed by atoms with Crippen molar-refractivity contribution >= 4 is 20.9 Å². The van der Waals surface area contributed by atoms with Gasteiger partial charge in [0.1, 0.15) is 0 Å². The van der Waals surface area contributed by atoms with Gasteiger partial charge in [0.2, 0.25) is 10.0 Å². The quantitative estimate of drug-likeness (QED) is 0.872. The number of likely N-dealkylation sites (tertiary alicyclic amines) is 1. The van der Waals surface area contributed by atoms with Crippen molar-refractivity contribution < 1.29 is 8.42 Å². The summed E-state index contributed by atoms with van der Waals surface area (Å²) in [5, 5.41) is 0.964. The second kappa shape index (κ2) is 7.59. The lowest BCUT2D eigenvalue weighted by molar-refractivity contribution is 0.215. The molecular weight excluding hydrogens is 322 g/mol. The second-order valence-electron chi connectivity index (χ2n) is 6.63. The summed E-state index contributed by atoms with van der Waals surface area (Å²) in [5.41, 5.74) is 1.50. The monoisotopic (exact) mass is 347 g/mol. The molecule has 1 aliphatic heterocycles. The predicted octanol–water partition coefficient (Wildman–Crippen LogP) is 2.53. The molecule has 2 heterocycles. The SMILES string of the molecule is CC(CN1CCCCC1)NS(=O)(=O)Cc1cccc2cccnc12. The molecular formula is C18H25N3O2S. The number of piperidine rings is 1. The third kappa shape index (κ3) is 4.53. The molecule has 24 heavy (non-hydrogen) atoms. The van der Waals surface area contributed by atoms with Gasteiger partial charge in [-0.05, 0) is 44.5 Å². The highest BCUT2D eigenvalue weighted by Crippen LogP contribution is 2.18. The first kappa shape index (κ1) is 17.3. The maximum Gasteiger partial charge on any atom is 0.216 e. The Balaban J connectivity index is 1.66. The summed E-state index contributed by atoms with van der Waals surface area (Å²) in [6.45, 7) is 4.85. The molecule has 2 aromatic rings. The first-order valence-corrected chi connectivity index (χ1v) is 10.2. The lowest BCUT2D eigenvalue weighted by Gasteiger charge is -2.29. The van der Waals surface area contributed by atoms with Crippen molar-refractivity contribution in [1.29, 1.82) is 0 Å². The van der Waals surface area contributed by atoms with Gasteiger partial charge in [0.15, 0.2) is 0 Å². The molecule has 0 amide bonds. The molecule has 0 spiro atoms. The van der Waals surface area contributed by atoms with Crippen LogP contribution in [0.2, 0.25) is 0 Å². The van der Waals surface area contributed by atoms with Gasteiger partial charge >= 0.3 is 0 Å². The van der Waals surface area contributed by atoms with E-state index in [1.165, 1.54) is 19.3 Å². The summed E-state index contributed by atoms with van der Waals surface area (Å²) in [6.07, 6.45) is 5.40. The Bertz CT molecular complexity index is 780. The number of nitrogens with zero attached hydrogens (tertiary/aromatic N) is 2. The van der Waals surface area contributed by atoms with E-state index in [2.05, 4.69) is 14.6 Å². The van der Waals surface area contributed by atoms with Crippen LogP contribution in [0.4, 0.5) is 0 Å². The van der Waals surface area contributed by atoms with E-state index in [4.69, 9.17) is 0 Å². The van der Waals surface area contributed by atoms with Gasteiger partial charge in [-0.2, -0.15) is 0 Å². The lowest BCUT2D eigenvalue weighted by Crippen LogP contribution is -2.43. The van der Waals surface area contributed by atoms with E-state index in [0.29, 0.717) is 0 Å². The second-order valence-corrected chi connectivity index (χ2v) is 8.39. The molecule has 1 aliphatic rings. The van der Waals surface area contributed by atoms with Crippen LogP contribution in [-0.4, -0.2) is 44.0 Å². The van der Waals surface area contributed by atoms with E-state index in [9.17, 15) is 8.42 Å². The Kier molecular flexibility index (Phi) is 5.48. The van der Waals surface area contributed by atoms with Crippen molar-refractivity contribution in [1.82, 2.24) is 14.6 Å². The number of fused-ring (bicyclic) bond motifs is 1. The minimum absolute atomic E-state index is 0.0360. The smallest absolute Gasteiger partial charge is 0.216 e. The normalized spacial score (nSPS) is 17.9. The fraction of sp³-hybridized carbons (Fsp3) is 0.500. The average molecular weight is 347 g/mol. The van der Waals surface area contributed by atoms with Gasteiger partial charge < -0.3 is 4.90 Å². The van der Waals surface area contributed by atoms with Gasteiger partial charge in [0.05, 0.1) is 11.3 Å². The zero-order chi connectivity index (χ0) is 17.0. The molecule has 1 fully saturated rings. The van der Waals surface area contributed by atoms with Crippen LogP contribution >= 0.6 is 0 Å². The Morgan fingerprint density at radius 2 is 1.92 bits per heavy atom. The van der Waals surface area contributed by atoms with Gasteiger partial charge in [0, 0.05) is 24.2 Å². The summed E-state index contributed by atoms with van der Waals surface area (Å²) in [5.74, 6) is -0.0360. The van der Waals surface area contributed by atoms with Gasteiger partial charge in [-0.1, -0.05) is 30.7 Å². The maximum absolute atomic E-state index is 12.5. The van der Waals surface area contributed by atoms with Crippen LogP contribution in [0.5, 0.6) is 0 Å². The third-order valence-corrected chi connectivity index (χ3v) is 5.88. The van der Waals surface area contributed by atoms with E-state index in [0.717, 1.165) is 36.1 Å². The molecule has 3 rings (SSSR count). The first-order valence-electron chi connectivity index (χ1n) is 8.58. The van der Waals surface area contributed by atoms with E-state index >= 15 is 0 Å². The number of hydrogen-bond acceptors (Lipinski definition) is 4. The number of para-hydroxylation sites is 1.